The van der Waals surface area contributed by atoms with E-state index in [1.165, 1.54) is 24.0 Å². The number of nitrogens with zero attached hydrogens (tertiary/aromatic N) is 1. The highest BCUT2D eigenvalue weighted by molar-refractivity contribution is 5.31. The highest BCUT2D eigenvalue weighted by Gasteiger charge is 2.34. The number of aliphatic hydroxyl groups is 1. The Hall–Kier alpha value is -1.84. The third kappa shape index (κ3) is 8.13. The van der Waals surface area contributed by atoms with E-state index in [2.05, 4.69) is 96.1 Å². The van der Waals surface area contributed by atoms with E-state index in [-0.39, 0.29) is 10.8 Å². The molecule has 188 valence electrons. The van der Waals surface area contributed by atoms with Gasteiger partial charge >= 0.3 is 0 Å². The van der Waals surface area contributed by atoms with E-state index in [1.807, 2.05) is 0 Å². The molecule has 0 saturated carbocycles. The summed E-state index contributed by atoms with van der Waals surface area (Å²) in [6.07, 6.45) is 4.22. The lowest BCUT2D eigenvalue weighted by atomic mass is 9.72. The molecule has 0 amide bonds. The van der Waals surface area contributed by atoms with Gasteiger partial charge in [-0.25, -0.2) is 0 Å². The van der Waals surface area contributed by atoms with E-state index in [0.717, 1.165) is 55.2 Å². The van der Waals surface area contributed by atoms with E-state index >= 15 is 0 Å². The molecule has 2 aromatic carbocycles. The van der Waals surface area contributed by atoms with E-state index in [4.69, 9.17) is 4.74 Å². The molecule has 2 aromatic rings. The van der Waals surface area contributed by atoms with Gasteiger partial charge in [-0.1, -0.05) is 84.0 Å². The Labute approximate surface area is 208 Å². The molecule has 0 bridgehead atoms. The van der Waals surface area contributed by atoms with Crippen molar-refractivity contribution in [2.45, 2.75) is 78.7 Å². The Morgan fingerprint density at radius 2 is 1.56 bits per heavy atom. The van der Waals surface area contributed by atoms with Crippen molar-refractivity contribution >= 4 is 0 Å². The van der Waals surface area contributed by atoms with Gasteiger partial charge in [-0.3, -0.25) is 0 Å². The van der Waals surface area contributed by atoms with Crippen LogP contribution in [0.5, 0.6) is 5.75 Å². The first kappa shape index (κ1) is 26.8. The van der Waals surface area contributed by atoms with E-state index in [9.17, 15) is 5.11 Å². The number of ether oxygens (including phenoxy) is 1. The zero-order valence-electron chi connectivity index (χ0n) is 22.5. The monoisotopic (exact) mass is 466 g/mol. The Kier molecular flexibility index (Phi) is 8.87. The van der Waals surface area contributed by atoms with Crippen molar-refractivity contribution in [3.05, 3.63) is 65.7 Å². The quantitative estimate of drug-likeness (QED) is 0.398. The number of quaternary nitrogens is 1. The number of piperidine rings is 1. The summed E-state index contributed by atoms with van der Waals surface area (Å²) in [4.78, 5) is 0. The van der Waals surface area contributed by atoms with Gasteiger partial charge in [0.1, 0.15) is 25.0 Å². The fourth-order valence-corrected chi connectivity index (χ4v) is 5.88. The Bertz CT molecular complexity index is 859. The summed E-state index contributed by atoms with van der Waals surface area (Å²) in [5.74, 6) is 1.63. The molecule has 3 heteroatoms. The topological polar surface area (TPSA) is 29.5 Å². The summed E-state index contributed by atoms with van der Waals surface area (Å²) in [5, 5.41) is 11.0. The zero-order chi connectivity index (χ0) is 24.8. The van der Waals surface area contributed by atoms with Gasteiger partial charge in [0, 0.05) is 6.42 Å². The lowest BCUT2D eigenvalue weighted by Crippen LogP contribution is -2.57. The summed E-state index contributed by atoms with van der Waals surface area (Å²) in [6.45, 7) is 18.4. The third-order valence-electron chi connectivity index (χ3n) is 7.56. The van der Waals surface area contributed by atoms with Crippen molar-refractivity contribution < 1.29 is 14.3 Å². The molecule has 1 N–H and O–H groups in total. The average Bonchev–Trinajstić information content (AvgIpc) is 2.78. The third-order valence-corrected chi connectivity index (χ3v) is 7.56. The molecule has 0 radical (unpaired) electrons. The fraction of sp³-hybridized carbons (Fsp3) is 0.613. The van der Waals surface area contributed by atoms with Gasteiger partial charge in [0.25, 0.3) is 0 Å². The van der Waals surface area contributed by atoms with Crippen LogP contribution in [-0.4, -0.2) is 48.5 Å². The van der Waals surface area contributed by atoms with Gasteiger partial charge in [-0.2, -0.15) is 0 Å². The SMILES string of the molecule is CC1CC[N+](CCc2ccccc2)(CC(O)COc2ccc(C(C)(C)CC(C)(C)C)cc2)CC1. The first-order valence-electron chi connectivity index (χ1n) is 13.3. The molecular weight excluding hydrogens is 418 g/mol. The molecule has 1 atom stereocenters. The maximum absolute atomic E-state index is 11.0. The van der Waals surface area contributed by atoms with Crippen molar-refractivity contribution in [1.82, 2.24) is 0 Å². The molecule has 1 fully saturated rings. The molecule has 1 saturated heterocycles. The summed E-state index contributed by atoms with van der Waals surface area (Å²) in [7, 11) is 0. The highest BCUT2D eigenvalue weighted by Crippen LogP contribution is 2.36. The molecule has 1 aliphatic heterocycles. The van der Waals surface area contributed by atoms with Gasteiger partial charge in [-0.05, 0) is 59.3 Å². The smallest absolute Gasteiger partial charge is 0.137 e. The van der Waals surface area contributed by atoms with Gasteiger partial charge in [0.05, 0.1) is 19.6 Å². The van der Waals surface area contributed by atoms with Crippen molar-refractivity contribution in [3.8, 4) is 5.75 Å². The number of aliphatic hydroxyl groups excluding tert-OH is 1. The van der Waals surface area contributed by atoms with Crippen LogP contribution in [0.25, 0.3) is 0 Å². The second-order valence-corrected chi connectivity index (χ2v) is 12.7. The molecule has 34 heavy (non-hydrogen) atoms. The normalized spacial score (nSPS) is 22.4. The molecular formula is C31H48NO2+. The first-order chi connectivity index (χ1) is 16.0. The molecule has 0 aliphatic carbocycles. The molecule has 1 unspecified atom stereocenters. The van der Waals surface area contributed by atoms with Crippen LogP contribution in [0.15, 0.2) is 54.6 Å². The van der Waals surface area contributed by atoms with Crippen LogP contribution >= 0.6 is 0 Å². The standard InChI is InChI=1S/C31H48NO2/c1-25-16-19-32(20-17-25,21-18-26-10-8-7-9-11-26)22-28(33)23-34-29-14-12-27(13-15-29)31(5,6)24-30(2,3)4/h7-15,25,28,33H,16-24H2,1-6H3/q+1. The summed E-state index contributed by atoms with van der Waals surface area (Å²) in [5.41, 5.74) is 3.13. The largest absolute Gasteiger partial charge is 0.491 e. The minimum absolute atomic E-state index is 0.122. The predicted octanol–water partition coefficient (Wildman–Crippen LogP) is 6.63. The minimum Gasteiger partial charge on any atom is -0.491 e. The molecule has 1 aliphatic rings. The van der Waals surface area contributed by atoms with Crippen LogP contribution in [0.1, 0.15) is 71.9 Å². The van der Waals surface area contributed by atoms with Gasteiger partial charge < -0.3 is 14.3 Å². The van der Waals surface area contributed by atoms with Gasteiger partial charge in [0.2, 0.25) is 0 Å². The summed E-state index contributed by atoms with van der Waals surface area (Å²) < 4.78 is 7.05. The minimum atomic E-state index is -0.457. The van der Waals surface area contributed by atoms with Crippen LogP contribution in [0, 0.1) is 11.3 Å². The van der Waals surface area contributed by atoms with Crippen molar-refractivity contribution in [3.63, 3.8) is 0 Å². The second-order valence-electron chi connectivity index (χ2n) is 12.7. The van der Waals surface area contributed by atoms with Crippen LogP contribution in [-0.2, 0) is 11.8 Å². The van der Waals surface area contributed by atoms with E-state index < -0.39 is 6.10 Å². The Morgan fingerprint density at radius 3 is 2.15 bits per heavy atom. The predicted molar refractivity (Wildman–Crippen MR) is 143 cm³/mol. The molecule has 1 heterocycles. The number of rotatable bonds is 10. The lowest BCUT2D eigenvalue weighted by molar-refractivity contribution is -0.936. The van der Waals surface area contributed by atoms with Crippen LogP contribution < -0.4 is 4.74 Å². The van der Waals surface area contributed by atoms with E-state index in [1.54, 1.807) is 0 Å². The molecule has 3 rings (SSSR count). The van der Waals surface area contributed by atoms with Gasteiger partial charge in [-0.15, -0.1) is 0 Å². The first-order valence-corrected chi connectivity index (χ1v) is 13.3. The van der Waals surface area contributed by atoms with Crippen molar-refractivity contribution in [2.24, 2.45) is 11.3 Å². The molecule has 3 nitrogen and oxygen atoms in total. The number of likely N-dealkylation sites (tertiary alicyclic amines) is 1. The fourth-order valence-electron chi connectivity index (χ4n) is 5.88. The summed E-state index contributed by atoms with van der Waals surface area (Å²) in [6, 6.07) is 19.3. The summed E-state index contributed by atoms with van der Waals surface area (Å²) >= 11 is 0. The van der Waals surface area contributed by atoms with Crippen molar-refractivity contribution in [2.75, 3.05) is 32.8 Å². The van der Waals surface area contributed by atoms with Crippen LogP contribution in [0.4, 0.5) is 0 Å². The number of hydrogen-bond acceptors (Lipinski definition) is 2. The van der Waals surface area contributed by atoms with Crippen molar-refractivity contribution in [1.29, 1.82) is 0 Å². The maximum Gasteiger partial charge on any atom is 0.137 e. The van der Waals surface area contributed by atoms with Crippen LogP contribution in [0.3, 0.4) is 0 Å². The molecule has 0 aromatic heterocycles. The average molecular weight is 467 g/mol. The van der Waals surface area contributed by atoms with Crippen LogP contribution in [0.2, 0.25) is 0 Å². The van der Waals surface area contributed by atoms with E-state index in [0.29, 0.717) is 6.61 Å². The lowest BCUT2D eigenvalue weighted by Gasteiger charge is -2.44. The Balaban J connectivity index is 1.56. The second kappa shape index (κ2) is 11.3. The number of hydrogen-bond donors (Lipinski definition) is 1. The zero-order valence-corrected chi connectivity index (χ0v) is 22.5. The molecule has 0 spiro atoms. The Morgan fingerprint density at radius 1 is 0.941 bits per heavy atom. The highest BCUT2D eigenvalue weighted by atomic mass is 16.5. The maximum atomic E-state index is 11.0. The van der Waals surface area contributed by atoms with Gasteiger partial charge in [0.15, 0.2) is 0 Å². The number of benzene rings is 2.